The van der Waals surface area contributed by atoms with Gasteiger partial charge in [0.2, 0.25) is 0 Å². The van der Waals surface area contributed by atoms with Gasteiger partial charge in [0.25, 0.3) is 0 Å². The Balaban J connectivity index is 2.37. The van der Waals surface area contributed by atoms with E-state index in [1.54, 1.807) is 0 Å². The number of benzene rings is 1. The second-order valence-corrected chi connectivity index (χ2v) is 3.60. The number of nitrogens with zero attached hydrogens (tertiary/aromatic N) is 1. The summed E-state index contributed by atoms with van der Waals surface area (Å²) < 4.78 is 12.1. The molecule has 1 rings (SSSR count). The van der Waals surface area contributed by atoms with Gasteiger partial charge in [-0.25, -0.2) is 4.39 Å². The van der Waals surface area contributed by atoms with Crippen molar-refractivity contribution in [1.29, 1.82) is 0 Å². The topological polar surface area (TPSA) is 29.3 Å². The van der Waals surface area contributed by atoms with Crippen molar-refractivity contribution in [1.82, 2.24) is 4.90 Å². The first-order valence-electron chi connectivity index (χ1n) is 4.76. The van der Waals surface area contributed by atoms with Crippen LogP contribution in [0.5, 0.6) is 0 Å². The molecule has 0 aromatic heterocycles. The Kier molecular flexibility index (Phi) is 4.56. The molecule has 0 aliphatic heterocycles. The van der Waals surface area contributed by atoms with Gasteiger partial charge in [-0.2, -0.15) is 0 Å². The van der Waals surface area contributed by atoms with Gasteiger partial charge in [-0.15, -0.1) is 0 Å². The lowest BCUT2D eigenvalue weighted by Crippen LogP contribution is -2.36. The molecule has 0 amide bonds. The van der Waals surface area contributed by atoms with Crippen molar-refractivity contribution in [2.75, 3.05) is 20.3 Å². The van der Waals surface area contributed by atoms with Crippen LogP contribution in [0.3, 0.4) is 0 Å². The lowest BCUT2D eigenvalue weighted by atomic mass is 10.2. The third-order valence-corrected chi connectivity index (χ3v) is 2.04. The largest absolute Gasteiger partial charge is 0.324 e. The fourth-order valence-electron chi connectivity index (χ4n) is 1.41. The molecule has 0 heterocycles. The van der Waals surface area contributed by atoms with Crippen LogP contribution in [0.1, 0.15) is 5.56 Å². The summed E-state index contributed by atoms with van der Waals surface area (Å²) in [5.41, 5.74) is 6.73. The maximum atomic E-state index is 12.1. The molecular formula is C11H17FN2. The highest BCUT2D eigenvalue weighted by atomic mass is 19.1. The molecule has 1 aromatic rings. The van der Waals surface area contributed by atoms with E-state index < -0.39 is 6.67 Å². The van der Waals surface area contributed by atoms with E-state index in [9.17, 15) is 4.39 Å². The first-order valence-corrected chi connectivity index (χ1v) is 4.76. The molecule has 2 nitrogen and oxygen atoms in total. The molecule has 1 aromatic carbocycles. The zero-order valence-corrected chi connectivity index (χ0v) is 8.49. The summed E-state index contributed by atoms with van der Waals surface area (Å²) in [4.78, 5) is 2.03. The minimum atomic E-state index is -0.459. The van der Waals surface area contributed by atoms with Gasteiger partial charge >= 0.3 is 0 Å². The van der Waals surface area contributed by atoms with Gasteiger partial charge in [0, 0.05) is 19.1 Å². The summed E-state index contributed by atoms with van der Waals surface area (Å²) in [5, 5.41) is 0. The van der Waals surface area contributed by atoms with Crippen LogP contribution in [-0.2, 0) is 6.54 Å². The van der Waals surface area contributed by atoms with Crippen LogP contribution >= 0.6 is 0 Å². The van der Waals surface area contributed by atoms with E-state index in [1.807, 2.05) is 30.1 Å². The number of likely N-dealkylation sites (N-methyl/N-ethyl adjacent to an activating group) is 1. The first kappa shape index (κ1) is 11.1. The average Bonchev–Trinajstić information content (AvgIpc) is 2.19. The van der Waals surface area contributed by atoms with Crippen LogP contribution < -0.4 is 5.73 Å². The zero-order chi connectivity index (χ0) is 10.4. The molecule has 0 fully saturated rings. The maximum Gasteiger partial charge on any atom is 0.106 e. The van der Waals surface area contributed by atoms with Crippen molar-refractivity contribution >= 4 is 0 Å². The average molecular weight is 196 g/mol. The molecule has 0 bridgehead atoms. The van der Waals surface area contributed by atoms with Crippen molar-refractivity contribution in [3.8, 4) is 0 Å². The second kappa shape index (κ2) is 5.73. The molecule has 3 heteroatoms. The molecule has 1 atom stereocenters. The predicted molar refractivity (Wildman–Crippen MR) is 56.7 cm³/mol. The third-order valence-electron chi connectivity index (χ3n) is 2.04. The Labute approximate surface area is 84.5 Å². The molecular weight excluding hydrogens is 179 g/mol. The minimum Gasteiger partial charge on any atom is -0.324 e. The van der Waals surface area contributed by atoms with Crippen LogP contribution in [-0.4, -0.2) is 31.2 Å². The number of hydrogen-bond donors (Lipinski definition) is 1. The monoisotopic (exact) mass is 196 g/mol. The predicted octanol–water partition coefficient (Wildman–Crippen LogP) is 1.42. The van der Waals surface area contributed by atoms with Gasteiger partial charge < -0.3 is 10.6 Å². The van der Waals surface area contributed by atoms with Crippen molar-refractivity contribution < 1.29 is 4.39 Å². The van der Waals surface area contributed by atoms with Gasteiger partial charge in [-0.1, -0.05) is 30.3 Å². The lowest BCUT2D eigenvalue weighted by molar-refractivity contribution is 0.278. The number of hydrogen-bond acceptors (Lipinski definition) is 2. The van der Waals surface area contributed by atoms with Gasteiger partial charge in [0.1, 0.15) is 6.67 Å². The van der Waals surface area contributed by atoms with E-state index in [-0.39, 0.29) is 6.04 Å². The molecule has 78 valence electrons. The summed E-state index contributed by atoms with van der Waals surface area (Å²) >= 11 is 0. The van der Waals surface area contributed by atoms with Crippen LogP contribution in [0.4, 0.5) is 4.39 Å². The molecule has 0 aliphatic rings. The van der Waals surface area contributed by atoms with Gasteiger partial charge in [-0.05, 0) is 12.6 Å². The zero-order valence-electron chi connectivity index (χ0n) is 8.49. The molecule has 0 radical (unpaired) electrons. The number of alkyl halides is 1. The molecule has 0 saturated heterocycles. The van der Waals surface area contributed by atoms with Crippen molar-refractivity contribution in [2.45, 2.75) is 12.6 Å². The Bertz CT molecular complexity index is 251. The van der Waals surface area contributed by atoms with E-state index in [2.05, 4.69) is 12.1 Å². The molecule has 2 N–H and O–H groups in total. The number of nitrogens with two attached hydrogens (primary N) is 1. The van der Waals surface area contributed by atoms with Gasteiger partial charge in [0.05, 0.1) is 0 Å². The summed E-state index contributed by atoms with van der Waals surface area (Å²) in [6.45, 7) is 0.944. The third kappa shape index (κ3) is 3.85. The first-order chi connectivity index (χ1) is 6.72. The van der Waals surface area contributed by atoms with Gasteiger partial charge in [-0.3, -0.25) is 0 Å². The van der Waals surface area contributed by atoms with E-state index in [4.69, 9.17) is 5.73 Å². The SMILES string of the molecule is CN(Cc1ccccc1)CC(N)CF. The molecule has 0 saturated carbocycles. The van der Waals surface area contributed by atoms with Crippen LogP contribution in [0.2, 0.25) is 0 Å². The number of rotatable bonds is 5. The molecule has 14 heavy (non-hydrogen) atoms. The summed E-state index contributed by atoms with van der Waals surface area (Å²) in [6, 6.07) is 9.71. The molecule has 1 unspecified atom stereocenters. The maximum absolute atomic E-state index is 12.1. The van der Waals surface area contributed by atoms with Crippen LogP contribution in [0.15, 0.2) is 30.3 Å². The normalized spacial score (nSPS) is 13.1. The fraction of sp³-hybridized carbons (Fsp3) is 0.455. The highest BCUT2D eigenvalue weighted by Crippen LogP contribution is 2.02. The van der Waals surface area contributed by atoms with Crippen molar-refractivity contribution in [3.63, 3.8) is 0 Å². The number of halogens is 1. The Morgan fingerprint density at radius 2 is 2.00 bits per heavy atom. The second-order valence-electron chi connectivity index (χ2n) is 3.60. The highest BCUT2D eigenvalue weighted by molar-refractivity contribution is 5.14. The minimum absolute atomic E-state index is 0.372. The Hall–Kier alpha value is -0.930. The van der Waals surface area contributed by atoms with Crippen molar-refractivity contribution in [2.24, 2.45) is 5.73 Å². The van der Waals surface area contributed by atoms with Crippen LogP contribution in [0.25, 0.3) is 0 Å². The summed E-state index contributed by atoms with van der Waals surface area (Å²) in [6.07, 6.45) is 0. The van der Waals surface area contributed by atoms with E-state index >= 15 is 0 Å². The van der Waals surface area contributed by atoms with E-state index in [1.165, 1.54) is 5.56 Å². The lowest BCUT2D eigenvalue weighted by Gasteiger charge is -2.19. The van der Waals surface area contributed by atoms with Crippen molar-refractivity contribution in [3.05, 3.63) is 35.9 Å². The van der Waals surface area contributed by atoms with Gasteiger partial charge in [0.15, 0.2) is 0 Å². The standard InChI is InChI=1S/C11H17FN2/c1-14(9-11(13)7-12)8-10-5-3-2-4-6-10/h2-6,11H,7-9,13H2,1H3. The fourth-order valence-corrected chi connectivity index (χ4v) is 1.41. The van der Waals surface area contributed by atoms with Crippen LogP contribution in [0, 0.1) is 0 Å². The van der Waals surface area contributed by atoms with E-state index in [0.29, 0.717) is 6.54 Å². The smallest absolute Gasteiger partial charge is 0.106 e. The molecule has 0 spiro atoms. The summed E-state index contributed by atoms with van der Waals surface area (Å²) in [7, 11) is 1.95. The summed E-state index contributed by atoms with van der Waals surface area (Å²) in [5.74, 6) is 0. The molecule has 0 aliphatic carbocycles. The quantitative estimate of drug-likeness (QED) is 0.771. The highest BCUT2D eigenvalue weighted by Gasteiger charge is 2.06. The Morgan fingerprint density at radius 3 is 2.57 bits per heavy atom. The Morgan fingerprint density at radius 1 is 1.36 bits per heavy atom. The van der Waals surface area contributed by atoms with E-state index in [0.717, 1.165) is 6.54 Å².